The zero-order chi connectivity index (χ0) is 24.5. The average Bonchev–Trinajstić information content (AvgIpc) is 3.63. The van der Waals surface area contributed by atoms with E-state index in [9.17, 15) is 13.5 Å². The van der Waals surface area contributed by atoms with Crippen LogP contribution < -0.4 is 18.9 Å². The van der Waals surface area contributed by atoms with Gasteiger partial charge in [0.1, 0.15) is 28.1 Å². The summed E-state index contributed by atoms with van der Waals surface area (Å²) in [5, 5.41) is 17.7. The number of methoxy groups -OCH3 is 3. The Bertz CT molecular complexity index is 1250. The van der Waals surface area contributed by atoms with Gasteiger partial charge >= 0.3 is 0 Å². The summed E-state index contributed by atoms with van der Waals surface area (Å²) in [5.41, 5.74) is 0.765. The minimum absolute atomic E-state index is 0.0182. The van der Waals surface area contributed by atoms with Crippen LogP contribution in [0.3, 0.4) is 0 Å². The highest BCUT2D eigenvalue weighted by Gasteiger charge is 2.40. The van der Waals surface area contributed by atoms with Gasteiger partial charge in [0.2, 0.25) is 21.9 Å². The number of anilines is 1. The summed E-state index contributed by atoms with van der Waals surface area (Å²) in [6.07, 6.45) is 0.636. The molecule has 0 amide bonds. The van der Waals surface area contributed by atoms with Crippen LogP contribution in [0.4, 0.5) is 5.95 Å². The average molecular weight is 490 g/mol. The van der Waals surface area contributed by atoms with Gasteiger partial charge in [-0.05, 0) is 43.9 Å². The molecule has 1 aromatic carbocycles. The van der Waals surface area contributed by atoms with Gasteiger partial charge in [-0.1, -0.05) is 12.1 Å². The van der Waals surface area contributed by atoms with Crippen LogP contribution in [0, 0.1) is 5.92 Å². The Balaban J connectivity index is 1.88. The maximum absolute atomic E-state index is 13.2. The molecule has 2 unspecified atom stereocenters. The second kappa shape index (κ2) is 9.47. The van der Waals surface area contributed by atoms with E-state index in [1.54, 1.807) is 36.4 Å². The molecule has 2 atom stereocenters. The lowest BCUT2D eigenvalue weighted by Crippen LogP contribution is -2.37. The molecule has 2 N–H and O–H groups in total. The van der Waals surface area contributed by atoms with Crippen LogP contribution in [0.1, 0.15) is 19.8 Å². The molecule has 3 aromatic rings. The molecular weight excluding hydrogens is 462 g/mol. The predicted octanol–water partition coefficient (Wildman–Crippen LogP) is 2.26. The lowest BCUT2D eigenvalue weighted by Gasteiger charge is -2.21. The first-order valence-electron chi connectivity index (χ1n) is 10.7. The minimum Gasteiger partial charge on any atom is -0.494 e. The number of aliphatic hydroxyl groups is 1. The van der Waals surface area contributed by atoms with Crippen LogP contribution in [-0.2, 0) is 10.0 Å². The summed E-state index contributed by atoms with van der Waals surface area (Å²) in [4.78, 5) is 4.42. The topological polar surface area (TPSA) is 138 Å². The largest absolute Gasteiger partial charge is 0.494 e. The number of benzene rings is 1. The highest BCUT2D eigenvalue weighted by molar-refractivity contribution is 7.93. The molecule has 2 heterocycles. The summed E-state index contributed by atoms with van der Waals surface area (Å²) in [7, 11) is 0.453. The van der Waals surface area contributed by atoms with Gasteiger partial charge in [-0.25, -0.2) is 13.4 Å². The second-order valence-corrected chi connectivity index (χ2v) is 9.98. The Morgan fingerprint density at radius 3 is 2.26 bits per heavy atom. The number of aliphatic hydroxyl groups excluding tert-OH is 1. The molecule has 11 nitrogen and oxygen atoms in total. The fourth-order valence-electron chi connectivity index (χ4n) is 3.66. The fourth-order valence-corrected chi connectivity index (χ4v) is 4.82. The van der Waals surface area contributed by atoms with Gasteiger partial charge in [0.25, 0.3) is 0 Å². The Morgan fingerprint density at radius 2 is 1.68 bits per heavy atom. The van der Waals surface area contributed by atoms with Crippen molar-refractivity contribution in [3.05, 3.63) is 36.4 Å². The maximum atomic E-state index is 13.2. The van der Waals surface area contributed by atoms with Crippen LogP contribution in [-0.4, -0.2) is 66.0 Å². The van der Waals surface area contributed by atoms with Crippen molar-refractivity contribution in [3.63, 3.8) is 0 Å². The van der Waals surface area contributed by atoms with Crippen LogP contribution in [0.2, 0.25) is 0 Å². The zero-order valence-electron chi connectivity index (χ0n) is 19.3. The number of para-hydroxylation sites is 1. The van der Waals surface area contributed by atoms with Gasteiger partial charge in [-0.15, -0.1) is 10.2 Å². The van der Waals surface area contributed by atoms with Crippen molar-refractivity contribution in [1.82, 2.24) is 19.7 Å². The van der Waals surface area contributed by atoms with E-state index >= 15 is 0 Å². The SMILES string of the molecule is COc1cccc(-c2nnc(NS(=O)(=O)C(C)C(O)C3CC3)n2-c2c(OC)cccc2OC)n1. The number of aromatic nitrogens is 4. The van der Waals surface area contributed by atoms with Gasteiger partial charge in [0, 0.05) is 6.07 Å². The third-order valence-corrected chi connectivity index (χ3v) is 7.48. The van der Waals surface area contributed by atoms with Gasteiger partial charge in [-0.2, -0.15) is 0 Å². The number of ether oxygens (including phenoxy) is 3. The zero-order valence-corrected chi connectivity index (χ0v) is 20.1. The molecular formula is C22H27N5O6S. The van der Waals surface area contributed by atoms with Crippen molar-refractivity contribution in [1.29, 1.82) is 0 Å². The van der Waals surface area contributed by atoms with E-state index in [-0.39, 0.29) is 17.7 Å². The van der Waals surface area contributed by atoms with Gasteiger partial charge in [0.15, 0.2) is 5.82 Å². The van der Waals surface area contributed by atoms with Gasteiger partial charge in [0.05, 0.1) is 27.4 Å². The van der Waals surface area contributed by atoms with E-state index in [2.05, 4.69) is 19.9 Å². The number of hydrogen-bond acceptors (Lipinski definition) is 9. The molecule has 0 spiro atoms. The van der Waals surface area contributed by atoms with Crippen molar-refractivity contribution in [2.45, 2.75) is 31.1 Å². The molecule has 4 rings (SSSR count). The summed E-state index contributed by atoms with van der Waals surface area (Å²) in [6, 6.07) is 10.3. The first kappa shape index (κ1) is 23.8. The Kier molecular flexibility index (Phi) is 6.62. The van der Waals surface area contributed by atoms with Crippen LogP contribution >= 0.6 is 0 Å². The molecule has 1 saturated carbocycles. The molecule has 1 fully saturated rings. The first-order valence-corrected chi connectivity index (χ1v) is 12.2. The van der Waals surface area contributed by atoms with Crippen LogP contribution in [0.25, 0.3) is 17.2 Å². The third kappa shape index (κ3) is 4.50. The summed E-state index contributed by atoms with van der Waals surface area (Å²) in [5.74, 6) is 1.26. The smallest absolute Gasteiger partial charge is 0.243 e. The number of sulfonamides is 1. The predicted molar refractivity (Wildman–Crippen MR) is 125 cm³/mol. The van der Waals surface area contributed by atoms with E-state index in [1.165, 1.54) is 32.8 Å². The normalized spacial score (nSPS) is 15.4. The minimum atomic E-state index is -4.02. The molecule has 0 saturated heterocycles. The number of hydrogen-bond donors (Lipinski definition) is 2. The number of pyridine rings is 1. The van der Waals surface area contributed by atoms with E-state index in [0.29, 0.717) is 28.8 Å². The quantitative estimate of drug-likeness (QED) is 0.439. The highest BCUT2D eigenvalue weighted by Crippen LogP contribution is 2.39. The van der Waals surface area contributed by atoms with Gasteiger partial charge in [-0.3, -0.25) is 9.29 Å². The van der Waals surface area contributed by atoms with Crippen molar-refractivity contribution < 1.29 is 27.7 Å². The third-order valence-electron chi connectivity index (χ3n) is 5.76. The molecule has 12 heteroatoms. The lowest BCUT2D eigenvalue weighted by atomic mass is 10.2. The fraction of sp³-hybridized carbons (Fsp3) is 0.409. The lowest BCUT2D eigenvalue weighted by molar-refractivity contribution is 0.150. The molecule has 0 bridgehead atoms. The molecule has 0 aliphatic heterocycles. The second-order valence-electron chi connectivity index (χ2n) is 7.94. The first-order chi connectivity index (χ1) is 16.3. The molecule has 0 radical (unpaired) electrons. The standard InChI is InChI=1S/C22H27N5O6S/c1-13(20(28)14-11-12-14)34(29,30)26-22-25-24-21(15-7-5-10-18(23-15)33-4)27(22)19-16(31-2)8-6-9-17(19)32-3/h5-10,13-14,20,28H,11-12H2,1-4H3,(H,25,26). The summed E-state index contributed by atoms with van der Waals surface area (Å²) < 4.78 is 46.6. The summed E-state index contributed by atoms with van der Waals surface area (Å²) in [6.45, 7) is 1.47. The van der Waals surface area contributed by atoms with E-state index in [0.717, 1.165) is 12.8 Å². The Hall–Kier alpha value is -3.38. The summed E-state index contributed by atoms with van der Waals surface area (Å²) >= 11 is 0. The van der Waals surface area contributed by atoms with Crippen molar-refractivity contribution in [2.24, 2.45) is 5.92 Å². The highest BCUT2D eigenvalue weighted by atomic mass is 32.2. The van der Waals surface area contributed by atoms with Crippen molar-refractivity contribution >= 4 is 16.0 Å². The Labute approximate surface area is 197 Å². The van der Waals surface area contributed by atoms with E-state index in [4.69, 9.17) is 14.2 Å². The maximum Gasteiger partial charge on any atom is 0.243 e. The van der Waals surface area contributed by atoms with Crippen LogP contribution in [0.5, 0.6) is 17.4 Å². The van der Waals surface area contributed by atoms with E-state index < -0.39 is 21.4 Å². The molecule has 1 aliphatic rings. The number of nitrogens with zero attached hydrogens (tertiary/aromatic N) is 4. The molecule has 182 valence electrons. The number of rotatable bonds is 10. The molecule has 34 heavy (non-hydrogen) atoms. The number of nitrogens with one attached hydrogen (secondary N) is 1. The van der Waals surface area contributed by atoms with Crippen LogP contribution in [0.15, 0.2) is 36.4 Å². The Morgan fingerprint density at radius 1 is 1.03 bits per heavy atom. The van der Waals surface area contributed by atoms with Gasteiger partial charge < -0.3 is 19.3 Å². The van der Waals surface area contributed by atoms with Crippen molar-refractivity contribution in [2.75, 3.05) is 26.1 Å². The van der Waals surface area contributed by atoms with Crippen molar-refractivity contribution in [3.8, 4) is 34.6 Å². The molecule has 2 aromatic heterocycles. The molecule has 1 aliphatic carbocycles. The monoisotopic (exact) mass is 489 g/mol. The van der Waals surface area contributed by atoms with E-state index in [1.807, 2.05) is 0 Å².